The lowest BCUT2D eigenvalue weighted by Gasteiger charge is -2.44. The number of para-hydroxylation sites is 1. The summed E-state index contributed by atoms with van der Waals surface area (Å²) in [6, 6.07) is 14.1. The van der Waals surface area contributed by atoms with Gasteiger partial charge in [0, 0.05) is 19.6 Å². The summed E-state index contributed by atoms with van der Waals surface area (Å²) in [5, 5.41) is 0. The third kappa shape index (κ3) is 5.12. The minimum Gasteiger partial charge on any atom is -0.487 e. The zero-order chi connectivity index (χ0) is 25.8. The number of carbonyl (C=O) groups is 2. The summed E-state index contributed by atoms with van der Waals surface area (Å²) in [4.78, 5) is 32.0. The largest absolute Gasteiger partial charge is 0.487 e. The van der Waals surface area contributed by atoms with Gasteiger partial charge in [-0.25, -0.2) is 4.39 Å². The summed E-state index contributed by atoms with van der Waals surface area (Å²) < 4.78 is 20.4. The second-order valence-electron chi connectivity index (χ2n) is 10.9. The van der Waals surface area contributed by atoms with Crippen LogP contribution in [0.2, 0.25) is 0 Å². The van der Waals surface area contributed by atoms with Crippen molar-refractivity contribution in [2.75, 3.05) is 19.6 Å². The van der Waals surface area contributed by atoms with Crippen LogP contribution in [-0.2, 0) is 10.2 Å². The number of nitrogens with zero attached hydrogens (tertiary/aromatic N) is 2. The van der Waals surface area contributed by atoms with E-state index in [9.17, 15) is 14.0 Å². The van der Waals surface area contributed by atoms with E-state index in [1.807, 2.05) is 48.2 Å². The van der Waals surface area contributed by atoms with Gasteiger partial charge in [-0.1, -0.05) is 43.5 Å². The summed E-state index contributed by atoms with van der Waals surface area (Å²) in [7, 11) is 0. The molecule has 2 saturated carbocycles. The van der Waals surface area contributed by atoms with Gasteiger partial charge in [-0.05, 0) is 81.7 Å². The molecule has 2 aromatic carbocycles. The van der Waals surface area contributed by atoms with Crippen LogP contribution in [0.3, 0.4) is 0 Å². The van der Waals surface area contributed by atoms with E-state index in [0.29, 0.717) is 30.9 Å². The Labute approximate surface area is 220 Å². The molecule has 2 aliphatic carbocycles. The number of hydrogen-bond donors (Lipinski definition) is 0. The topological polar surface area (TPSA) is 49.9 Å². The zero-order valence-corrected chi connectivity index (χ0v) is 22.0. The first-order valence-corrected chi connectivity index (χ1v) is 14.2. The predicted octanol–water partition coefficient (Wildman–Crippen LogP) is 6.11. The van der Waals surface area contributed by atoms with Crippen LogP contribution in [0, 0.1) is 5.82 Å². The third-order valence-corrected chi connectivity index (χ3v) is 8.73. The van der Waals surface area contributed by atoms with Crippen molar-refractivity contribution in [1.29, 1.82) is 0 Å². The average Bonchev–Trinajstić information content (AvgIpc) is 3.42. The van der Waals surface area contributed by atoms with Gasteiger partial charge in [-0.2, -0.15) is 0 Å². The fourth-order valence-corrected chi connectivity index (χ4v) is 6.71. The van der Waals surface area contributed by atoms with Gasteiger partial charge >= 0.3 is 0 Å². The van der Waals surface area contributed by atoms with E-state index >= 15 is 0 Å². The molecule has 0 N–H and O–H groups in total. The molecule has 2 atom stereocenters. The molecule has 5 rings (SSSR count). The highest BCUT2D eigenvalue weighted by Gasteiger charge is 2.48. The maximum Gasteiger partial charge on any atom is 0.257 e. The highest BCUT2D eigenvalue weighted by Crippen LogP contribution is 2.44. The number of benzene rings is 2. The lowest BCUT2D eigenvalue weighted by Crippen LogP contribution is -2.56. The van der Waals surface area contributed by atoms with Gasteiger partial charge in [0.1, 0.15) is 17.7 Å². The van der Waals surface area contributed by atoms with E-state index in [4.69, 9.17) is 4.74 Å². The Kier molecular flexibility index (Phi) is 7.82. The number of amides is 2. The Hall–Kier alpha value is -2.89. The first-order valence-electron chi connectivity index (χ1n) is 14.2. The Morgan fingerprint density at radius 2 is 1.65 bits per heavy atom. The number of carbonyl (C=O) groups excluding carboxylic acids is 2. The van der Waals surface area contributed by atoms with Crippen LogP contribution in [0.4, 0.5) is 4.39 Å². The molecule has 5 nitrogen and oxygen atoms in total. The zero-order valence-electron chi connectivity index (χ0n) is 22.0. The van der Waals surface area contributed by atoms with Crippen LogP contribution < -0.4 is 4.74 Å². The molecule has 0 aromatic heterocycles. The molecule has 2 amide bonds. The molecule has 1 aliphatic heterocycles. The van der Waals surface area contributed by atoms with E-state index < -0.39 is 5.41 Å². The van der Waals surface area contributed by atoms with Gasteiger partial charge in [-0.3, -0.25) is 9.59 Å². The lowest BCUT2D eigenvalue weighted by atomic mass is 9.76. The smallest absolute Gasteiger partial charge is 0.257 e. The predicted molar refractivity (Wildman–Crippen MR) is 142 cm³/mol. The summed E-state index contributed by atoms with van der Waals surface area (Å²) in [6.07, 6.45) is 8.97. The van der Waals surface area contributed by atoms with Crippen molar-refractivity contribution < 1.29 is 18.7 Å². The Morgan fingerprint density at radius 3 is 2.41 bits per heavy atom. The summed E-state index contributed by atoms with van der Waals surface area (Å²) in [5.41, 5.74) is 0.936. The maximum atomic E-state index is 14.6. The number of ether oxygens (including phenoxy) is 1. The molecule has 0 unspecified atom stereocenters. The fourth-order valence-electron chi connectivity index (χ4n) is 6.71. The van der Waals surface area contributed by atoms with Crippen molar-refractivity contribution in [1.82, 2.24) is 9.80 Å². The molecule has 1 heterocycles. The standard InChI is InChI=1S/C31H39FN2O3/c1-2-33-21-9-10-22-34(30(36)31(19-7-8-20-31)23-15-17-24(32)18-16-23)26-12-4-6-14-28(26)37-27-13-5-3-11-25(27)29(33)35/h3,5,11,13,15-18,26,28H,2,4,6-10,12,14,19-22H2,1H3/t26-,28+/m1/s1. The van der Waals surface area contributed by atoms with Gasteiger partial charge in [0.25, 0.3) is 5.91 Å². The number of halogens is 1. The van der Waals surface area contributed by atoms with E-state index in [0.717, 1.165) is 69.8 Å². The number of hydrogen-bond acceptors (Lipinski definition) is 3. The molecule has 2 aromatic rings. The molecule has 6 heteroatoms. The van der Waals surface area contributed by atoms with Crippen molar-refractivity contribution in [3.63, 3.8) is 0 Å². The second kappa shape index (κ2) is 11.2. The monoisotopic (exact) mass is 506 g/mol. The average molecular weight is 507 g/mol. The summed E-state index contributed by atoms with van der Waals surface area (Å²) in [5.74, 6) is 0.529. The van der Waals surface area contributed by atoms with E-state index in [1.165, 1.54) is 12.1 Å². The molecule has 0 saturated heterocycles. The van der Waals surface area contributed by atoms with Crippen LogP contribution in [0.1, 0.15) is 87.1 Å². The second-order valence-corrected chi connectivity index (χ2v) is 10.9. The van der Waals surface area contributed by atoms with Gasteiger partial charge < -0.3 is 14.5 Å². The van der Waals surface area contributed by atoms with Crippen molar-refractivity contribution in [3.8, 4) is 5.75 Å². The molecule has 2 fully saturated rings. The SMILES string of the molecule is CCN1CCCCN(C(=O)C2(c3ccc(F)cc3)CCCC2)[C@@H]2CCCC[C@@H]2Oc2ccccc2C1=O. The molecule has 0 spiro atoms. The van der Waals surface area contributed by atoms with Gasteiger partial charge in [0.15, 0.2) is 0 Å². The van der Waals surface area contributed by atoms with E-state index in [-0.39, 0.29) is 29.8 Å². The lowest BCUT2D eigenvalue weighted by molar-refractivity contribution is -0.143. The van der Waals surface area contributed by atoms with Crippen LogP contribution >= 0.6 is 0 Å². The van der Waals surface area contributed by atoms with Gasteiger partial charge in [-0.15, -0.1) is 0 Å². The molecular weight excluding hydrogens is 467 g/mol. The summed E-state index contributed by atoms with van der Waals surface area (Å²) >= 11 is 0. The molecule has 0 radical (unpaired) electrons. The summed E-state index contributed by atoms with van der Waals surface area (Å²) in [6.45, 7) is 3.95. The maximum absolute atomic E-state index is 14.6. The molecule has 0 bridgehead atoms. The molecular formula is C31H39FN2O3. The fraction of sp³-hybridized carbons (Fsp3) is 0.548. The van der Waals surface area contributed by atoms with Crippen LogP contribution in [0.25, 0.3) is 0 Å². The Bertz CT molecular complexity index is 1100. The highest BCUT2D eigenvalue weighted by molar-refractivity contribution is 5.97. The van der Waals surface area contributed by atoms with Crippen LogP contribution in [-0.4, -0.2) is 53.4 Å². The molecule has 37 heavy (non-hydrogen) atoms. The first kappa shape index (κ1) is 25.7. The van der Waals surface area contributed by atoms with Gasteiger partial charge in [0.2, 0.25) is 5.91 Å². The van der Waals surface area contributed by atoms with Crippen molar-refractivity contribution in [2.45, 2.75) is 88.7 Å². The highest BCUT2D eigenvalue weighted by atomic mass is 19.1. The quantitative estimate of drug-likeness (QED) is 0.505. The first-order chi connectivity index (χ1) is 18.0. The van der Waals surface area contributed by atoms with Crippen LogP contribution in [0.15, 0.2) is 48.5 Å². The third-order valence-electron chi connectivity index (χ3n) is 8.73. The molecule has 3 aliphatic rings. The van der Waals surface area contributed by atoms with Crippen molar-refractivity contribution >= 4 is 11.8 Å². The van der Waals surface area contributed by atoms with Crippen molar-refractivity contribution in [3.05, 3.63) is 65.5 Å². The van der Waals surface area contributed by atoms with E-state index in [2.05, 4.69) is 4.90 Å². The van der Waals surface area contributed by atoms with Gasteiger partial charge in [0.05, 0.1) is 17.0 Å². The van der Waals surface area contributed by atoms with Crippen molar-refractivity contribution in [2.24, 2.45) is 0 Å². The molecule has 198 valence electrons. The number of rotatable bonds is 3. The number of fused-ring (bicyclic) bond motifs is 2. The van der Waals surface area contributed by atoms with E-state index in [1.54, 1.807) is 0 Å². The minimum atomic E-state index is -0.601. The Morgan fingerprint density at radius 1 is 0.946 bits per heavy atom. The Balaban J connectivity index is 1.52. The normalized spacial score (nSPS) is 24.3. The minimum absolute atomic E-state index is 0.0141. The van der Waals surface area contributed by atoms with Crippen LogP contribution in [0.5, 0.6) is 5.75 Å².